The van der Waals surface area contributed by atoms with Crippen LogP contribution in [-0.4, -0.2) is 45.3 Å². The largest absolute Gasteiger partial charge is 0.371 e. The van der Waals surface area contributed by atoms with E-state index in [-0.39, 0.29) is 5.75 Å². The van der Waals surface area contributed by atoms with E-state index in [1.807, 2.05) is 12.1 Å². The minimum atomic E-state index is -3.30. The Kier molecular flexibility index (Phi) is 5.55. The number of nitrogens with two attached hydrogens (primary N) is 1. The fourth-order valence-electron chi connectivity index (χ4n) is 4.90. The normalized spacial score (nSPS) is 19.1. The van der Waals surface area contributed by atoms with Crippen LogP contribution in [0.25, 0.3) is 10.9 Å². The number of hydrogen-bond donors (Lipinski definition) is 1. The van der Waals surface area contributed by atoms with Crippen molar-refractivity contribution in [2.45, 2.75) is 31.2 Å². The van der Waals surface area contributed by atoms with Gasteiger partial charge in [0, 0.05) is 43.3 Å². The first-order chi connectivity index (χ1) is 15.4. The van der Waals surface area contributed by atoms with Crippen LogP contribution in [0.1, 0.15) is 24.0 Å². The zero-order valence-electron chi connectivity index (χ0n) is 18.5. The van der Waals surface area contributed by atoms with Crippen LogP contribution in [0.2, 0.25) is 0 Å². The fraction of sp³-hybridized carbons (Fsp3) is 0.400. The first-order valence-electron chi connectivity index (χ1n) is 11.4. The van der Waals surface area contributed by atoms with E-state index in [0.29, 0.717) is 23.9 Å². The third-order valence-corrected chi connectivity index (χ3v) is 8.63. The summed E-state index contributed by atoms with van der Waals surface area (Å²) in [5.41, 5.74) is 10.1. The Labute approximate surface area is 190 Å². The molecule has 0 bridgehead atoms. The summed E-state index contributed by atoms with van der Waals surface area (Å²) >= 11 is 0. The molecule has 6 nitrogen and oxygen atoms in total. The van der Waals surface area contributed by atoms with Crippen LogP contribution in [-0.2, 0) is 16.4 Å². The molecule has 5 rings (SSSR count). The lowest BCUT2D eigenvalue weighted by atomic mass is 9.96. The lowest BCUT2D eigenvalue weighted by Crippen LogP contribution is -2.36. The number of benzene rings is 2. The van der Waals surface area contributed by atoms with Crippen LogP contribution in [0, 0.1) is 12.8 Å². The van der Waals surface area contributed by atoms with Crippen LogP contribution < -0.4 is 15.5 Å². The number of anilines is 2. The summed E-state index contributed by atoms with van der Waals surface area (Å²) in [4.78, 5) is 9.98. The second-order valence-corrected chi connectivity index (χ2v) is 11.1. The first kappa shape index (κ1) is 21.2. The summed E-state index contributed by atoms with van der Waals surface area (Å²) in [7, 11) is -3.30. The highest BCUT2D eigenvalue weighted by atomic mass is 32.2. The van der Waals surface area contributed by atoms with Gasteiger partial charge in [-0.25, -0.2) is 13.4 Å². The second-order valence-electron chi connectivity index (χ2n) is 9.03. The topological polar surface area (TPSA) is 79.5 Å². The first-order valence-corrected chi connectivity index (χ1v) is 13.0. The van der Waals surface area contributed by atoms with E-state index in [0.717, 1.165) is 54.8 Å². The van der Waals surface area contributed by atoms with Crippen LogP contribution in [0.3, 0.4) is 0 Å². The van der Waals surface area contributed by atoms with E-state index in [4.69, 9.17) is 10.7 Å². The predicted octanol–water partition coefficient (Wildman–Crippen LogP) is 3.51. The molecule has 32 heavy (non-hydrogen) atoms. The number of nitrogens with zero attached hydrogens (tertiary/aromatic N) is 3. The fourth-order valence-corrected chi connectivity index (χ4v) is 6.40. The molecule has 7 heteroatoms. The summed E-state index contributed by atoms with van der Waals surface area (Å²) < 4.78 is 25.7. The van der Waals surface area contributed by atoms with Crippen molar-refractivity contribution in [1.29, 1.82) is 0 Å². The van der Waals surface area contributed by atoms with Gasteiger partial charge in [0.2, 0.25) is 0 Å². The Bertz CT molecular complexity index is 1250. The summed E-state index contributed by atoms with van der Waals surface area (Å²) in [6, 6.07) is 15.9. The Hall–Kier alpha value is -2.64. The van der Waals surface area contributed by atoms with Crippen molar-refractivity contribution in [2.75, 3.05) is 41.7 Å². The highest BCUT2D eigenvalue weighted by Gasteiger charge is 2.27. The number of fused-ring (bicyclic) bond motifs is 2. The third-order valence-electron chi connectivity index (χ3n) is 6.84. The molecule has 0 aliphatic carbocycles. The lowest BCUT2D eigenvalue weighted by molar-refractivity contribution is 0.415. The molecule has 0 atom stereocenters. The maximum absolute atomic E-state index is 12.8. The van der Waals surface area contributed by atoms with Gasteiger partial charge in [0.05, 0.1) is 16.2 Å². The lowest BCUT2D eigenvalue weighted by Gasteiger charge is -2.34. The third kappa shape index (κ3) is 3.95. The number of aryl methyl sites for hydroxylation is 1. The van der Waals surface area contributed by atoms with Gasteiger partial charge in [0.25, 0.3) is 0 Å². The van der Waals surface area contributed by atoms with Crippen molar-refractivity contribution in [2.24, 2.45) is 11.7 Å². The molecule has 0 unspecified atom stereocenters. The monoisotopic (exact) mass is 450 g/mol. The molecule has 0 radical (unpaired) electrons. The Balaban J connectivity index is 1.57. The van der Waals surface area contributed by atoms with Gasteiger partial charge in [0.15, 0.2) is 9.84 Å². The van der Waals surface area contributed by atoms with Gasteiger partial charge in [0.1, 0.15) is 5.82 Å². The zero-order valence-corrected chi connectivity index (χ0v) is 19.3. The molecule has 168 valence electrons. The van der Waals surface area contributed by atoms with E-state index in [1.54, 1.807) is 12.1 Å². The van der Waals surface area contributed by atoms with Crippen molar-refractivity contribution < 1.29 is 8.42 Å². The SMILES string of the molecule is Cc1ccc2nc(N3CCS(=O)(=O)c4ccccc4C3)cc(N3CCC(CN)CC3)c2c1. The minimum Gasteiger partial charge on any atom is -0.371 e. The van der Waals surface area contributed by atoms with Crippen molar-refractivity contribution in [3.8, 4) is 0 Å². The van der Waals surface area contributed by atoms with Gasteiger partial charge in [-0.3, -0.25) is 0 Å². The highest BCUT2D eigenvalue weighted by molar-refractivity contribution is 7.91. The molecule has 1 fully saturated rings. The summed E-state index contributed by atoms with van der Waals surface area (Å²) in [6.45, 7) is 5.77. The molecule has 1 aromatic heterocycles. The van der Waals surface area contributed by atoms with E-state index in [1.165, 1.54) is 11.3 Å². The molecular formula is C25H30N4O2S. The van der Waals surface area contributed by atoms with Gasteiger partial charge in [-0.1, -0.05) is 29.8 Å². The van der Waals surface area contributed by atoms with Crippen molar-refractivity contribution in [3.63, 3.8) is 0 Å². The van der Waals surface area contributed by atoms with Crippen molar-refractivity contribution in [1.82, 2.24) is 4.98 Å². The number of rotatable bonds is 3. The molecule has 2 aliphatic heterocycles. The predicted molar refractivity (Wildman–Crippen MR) is 130 cm³/mol. The quantitative estimate of drug-likeness (QED) is 0.658. The van der Waals surface area contributed by atoms with Gasteiger partial charge < -0.3 is 15.5 Å². The number of aromatic nitrogens is 1. The number of hydrogen-bond acceptors (Lipinski definition) is 6. The Morgan fingerprint density at radius 3 is 2.59 bits per heavy atom. The van der Waals surface area contributed by atoms with E-state index in [9.17, 15) is 8.42 Å². The molecule has 1 saturated heterocycles. The van der Waals surface area contributed by atoms with Crippen molar-refractivity contribution >= 4 is 32.2 Å². The standard InChI is InChI=1S/C25H30N4O2S/c1-18-6-7-22-21(14-18)23(28-10-8-19(16-26)9-11-28)15-25(27-22)29-12-13-32(30,31)24-5-3-2-4-20(24)17-29/h2-7,14-15,19H,8-13,16-17,26H2,1H3. The van der Waals surface area contributed by atoms with E-state index in [2.05, 4.69) is 41.0 Å². The van der Waals surface area contributed by atoms with Gasteiger partial charge in [-0.2, -0.15) is 0 Å². The summed E-state index contributed by atoms with van der Waals surface area (Å²) in [5.74, 6) is 1.52. The van der Waals surface area contributed by atoms with Gasteiger partial charge in [-0.05, 0) is 56.0 Å². The molecule has 0 spiro atoms. The molecule has 2 aromatic carbocycles. The smallest absolute Gasteiger partial charge is 0.180 e. The van der Waals surface area contributed by atoms with E-state index >= 15 is 0 Å². The molecular weight excluding hydrogens is 420 g/mol. The van der Waals surface area contributed by atoms with Crippen LogP contribution in [0.5, 0.6) is 0 Å². The van der Waals surface area contributed by atoms with E-state index < -0.39 is 9.84 Å². The number of piperidine rings is 1. The highest BCUT2D eigenvalue weighted by Crippen LogP contribution is 2.35. The van der Waals surface area contributed by atoms with Gasteiger partial charge in [-0.15, -0.1) is 0 Å². The Morgan fingerprint density at radius 2 is 1.81 bits per heavy atom. The number of sulfone groups is 1. The second kappa shape index (κ2) is 8.37. The van der Waals surface area contributed by atoms with Gasteiger partial charge >= 0.3 is 0 Å². The molecule has 3 aromatic rings. The molecule has 2 N–H and O–H groups in total. The Morgan fingerprint density at radius 1 is 1.03 bits per heavy atom. The zero-order chi connectivity index (χ0) is 22.3. The van der Waals surface area contributed by atoms with Crippen LogP contribution >= 0.6 is 0 Å². The van der Waals surface area contributed by atoms with Crippen LogP contribution in [0.15, 0.2) is 53.4 Å². The average Bonchev–Trinajstić information content (AvgIpc) is 2.94. The molecule has 0 amide bonds. The summed E-state index contributed by atoms with van der Waals surface area (Å²) in [5, 5.41) is 1.16. The maximum Gasteiger partial charge on any atom is 0.180 e. The maximum atomic E-state index is 12.8. The molecule has 2 aliphatic rings. The minimum absolute atomic E-state index is 0.0921. The molecule has 3 heterocycles. The van der Waals surface area contributed by atoms with Crippen molar-refractivity contribution in [3.05, 3.63) is 59.7 Å². The summed E-state index contributed by atoms with van der Waals surface area (Å²) in [6.07, 6.45) is 2.19. The number of pyridine rings is 1. The average molecular weight is 451 g/mol. The van der Waals surface area contributed by atoms with Crippen LogP contribution in [0.4, 0.5) is 11.5 Å². The molecule has 0 saturated carbocycles.